The molecule has 0 saturated carbocycles. The third-order valence-corrected chi connectivity index (χ3v) is 2.88. The fourth-order valence-electron chi connectivity index (χ4n) is 1.60. The molecule has 1 rings (SSSR count). The van der Waals surface area contributed by atoms with Gasteiger partial charge in [0.05, 0.1) is 0 Å². The predicted octanol–water partition coefficient (Wildman–Crippen LogP) is 2.49. The standard InChI is InChI=1S/C15H24ClNO3/c1-2-9-19-10-3-8-17-11-14(18)12-20-15-6-4-13(16)5-7-15/h4-7,14,17-18H,2-3,8-12H2,1H3. The fraction of sp³-hybridized carbons (Fsp3) is 0.600. The minimum absolute atomic E-state index is 0.265. The van der Waals surface area contributed by atoms with Crippen molar-refractivity contribution in [3.63, 3.8) is 0 Å². The van der Waals surface area contributed by atoms with E-state index in [4.69, 9.17) is 21.1 Å². The average Bonchev–Trinajstić information content (AvgIpc) is 2.46. The van der Waals surface area contributed by atoms with Gasteiger partial charge in [0.25, 0.3) is 0 Å². The van der Waals surface area contributed by atoms with Gasteiger partial charge in [-0.15, -0.1) is 0 Å². The molecule has 1 unspecified atom stereocenters. The Bertz CT molecular complexity index is 345. The molecule has 5 heteroatoms. The number of rotatable bonds is 11. The Kier molecular flexibility index (Phi) is 9.41. The molecule has 1 aromatic rings. The Balaban J connectivity index is 2.00. The first-order valence-electron chi connectivity index (χ1n) is 7.07. The second-order valence-electron chi connectivity index (χ2n) is 4.59. The molecule has 4 nitrogen and oxygen atoms in total. The molecule has 2 N–H and O–H groups in total. The van der Waals surface area contributed by atoms with Crippen LogP contribution in [0.5, 0.6) is 5.75 Å². The molecule has 20 heavy (non-hydrogen) atoms. The van der Waals surface area contributed by atoms with E-state index in [-0.39, 0.29) is 6.61 Å². The van der Waals surface area contributed by atoms with Crippen molar-refractivity contribution >= 4 is 11.6 Å². The zero-order valence-corrected chi connectivity index (χ0v) is 12.7. The van der Waals surface area contributed by atoms with Crippen LogP contribution in [0.3, 0.4) is 0 Å². The predicted molar refractivity (Wildman–Crippen MR) is 81.6 cm³/mol. The lowest BCUT2D eigenvalue weighted by Crippen LogP contribution is -2.32. The van der Waals surface area contributed by atoms with Crippen LogP contribution in [-0.2, 0) is 4.74 Å². The van der Waals surface area contributed by atoms with Gasteiger partial charge in [0.1, 0.15) is 18.5 Å². The van der Waals surface area contributed by atoms with Crippen LogP contribution >= 0.6 is 11.6 Å². The maximum absolute atomic E-state index is 9.76. The van der Waals surface area contributed by atoms with Crippen LogP contribution in [0.2, 0.25) is 5.02 Å². The zero-order valence-electron chi connectivity index (χ0n) is 12.0. The summed E-state index contributed by atoms with van der Waals surface area (Å²) in [5, 5.41) is 13.6. The lowest BCUT2D eigenvalue weighted by Gasteiger charge is -2.13. The second-order valence-corrected chi connectivity index (χ2v) is 5.03. The summed E-state index contributed by atoms with van der Waals surface area (Å²) in [6, 6.07) is 7.09. The SMILES string of the molecule is CCCOCCCNCC(O)COc1ccc(Cl)cc1. The first kappa shape index (κ1) is 17.2. The summed E-state index contributed by atoms with van der Waals surface area (Å²) < 4.78 is 10.8. The molecule has 0 aliphatic heterocycles. The highest BCUT2D eigenvalue weighted by molar-refractivity contribution is 6.30. The summed E-state index contributed by atoms with van der Waals surface area (Å²) in [7, 11) is 0. The van der Waals surface area contributed by atoms with Gasteiger partial charge in [0.2, 0.25) is 0 Å². The van der Waals surface area contributed by atoms with Crippen LogP contribution in [0, 0.1) is 0 Å². The maximum atomic E-state index is 9.76. The molecule has 0 aliphatic rings. The Morgan fingerprint density at radius 1 is 1.25 bits per heavy atom. The van der Waals surface area contributed by atoms with Gasteiger partial charge >= 0.3 is 0 Å². The Labute approximate surface area is 126 Å². The molecule has 1 atom stereocenters. The molecule has 0 spiro atoms. The molecule has 0 amide bonds. The van der Waals surface area contributed by atoms with Crippen LogP contribution in [0.25, 0.3) is 0 Å². The number of aliphatic hydroxyl groups excluding tert-OH is 1. The highest BCUT2D eigenvalue weighted by atomic mass is 35.5. The number of aliphatic hydroxyl groups is 1. The summed E-state index contributed by atoms with van der Waals surface area (Å²) in [6.07, 6.45) is 1.47. The summed E-state index contributed by atoms with van der Waals surface area (Å²) in [4.78, 5) is 0. The minimum Gasteiger partial charge on any atom is -0.491 e. The van der Waals surface area contributed by atoms with Crippen molar-refractivity contribution in [2.45, 2.75) is 25.9 Å². The Morgan fingerprint density at radius 3 is 2.70 bits per heavy atom. The number of nitrogens with one attached hydrogen (secondary N) is 1. The van der Waals surface area contributed by atoms with Gasteiger partial charge < -0.3 is 19.9 Å². The summed E-state index contributed by atoms with van der Waals surface area (Å²) in [5.41, 5.74) is 0. The molecule has 114 valence electrons. The highest BCUT2D eigenvalue weighted by Crippen LogP contribution is 2.15. The monoisotopic (exact) mass is 301 g/mol. The molecule has 0 fully saturated rings. The molecule has 0 radical (unpaired) electrons. The van der Waals surface area contributed by atoms with Gasteiger partial charge in [0, 0.05) is 24.8 Å². The van der Waals surface area contributed by atoms with Crippen LogP contribution in [0.4, 0.5) is 0 Å². The van der Waals surface area contributed by atoms with E-state index in [0.717, 1.165) is 32.6 Å². The topological polar surface area (TPSA) is 50.7 Å². The van der Waals surface area contributed by atoms with E-state index in [1.165, 1.54) is 0 Å². The first-order chi connectivity index (χ1) is 9.72. The van der Waals surface area contributed by atoms with Crippen molar-refractivity contribution in [3.05, 3.63) is 29.3 Å². The normalized spacial score (nSPS) is 12.3. The van der Waals surface area contributed by atoms with Crippen molar-refractivity contribution < 1.29 is 14.6 Å². The van der Waals surface area contributed by atoms with E-state index in [2.05, 4.69) is 12.2 Å². The van der Waals surface area contributed by atoms with Gasteiger partial charge in [-0.25, -0.2) is 0 Å². The molecule has 0 aliphatic carbocycles. The lowest BCUT2D eigenvalue weighted by molar-refractivity contribution is 0.103. The van der Waals surface area contributed by atoms with Crippen molar-refractivity contribution in [2.75, 3.05) is 32.9 Å². The molecule has 0 heterocycles. The molecule has 0 aromatic heterocycles. The van der Waals surface area contributed by atoms with E-state index < -0.39 is 6.10 Å². The van der Waals surface area contributed by atoms with Crippen molar-refractivity contribution in [1.82, 2.24) is 5.32 Å². The van der Waals surface area contributed by atoms with Crippen molar-refractivity contribution in [1.29, 1.82) is 0 Å². The molecule has 1 aromatic carbocycles. The summed E-state index contributed by atoms with van der Waals surface area (Å²) in [5.74, 6) is 0.710. The summed E-state index contributed by atoms with van der Waals surface area (Å²) >= 11 is 5.78. The number of halogens is 1. The second kappa shape index (κ2) is 10.9. The molecular formula is C15H24ClNO3. The largest absolute Gasteiger partial charge is 0.491 e. The van der Waals surface area contributed by atoms with Crippen molar-refractivity contribution in [3.8, 4) is 5.75 Å². The fourth-order valence-corrected chi connectivity index (χ4v) is 1.72. The van der Waals surface area contributed by atoms with E-state index in [0.29, 0.717) is 17.3 Å². The number of benzene rings is 1. The van der Waals surface area contributed by atoms with E-state index in [9.17, 15) is 5.11 Å². The molecular weight excluding hydrogens is 278 g/mol. The smallest absolute Gasteiger partial charge is 0.119 e. The van der Waals surface area contributed by atoms with Crippen LogP contribution in [0.1, 0.15) is 19.8 Å². The van der Waals surface area contributed by atoms with Crippen LogP contribution in [-0.4, -0.2) is 44.1 Å². The van der Waals surface area contributed by atoms with Gasteiger partial charge in [0.15, 0.2) is 0 Å². The first-order valence-corrected chi connectivity index (χ1v) is 7.45. The minimum atomic E-state index is -0.526. The Morgan fingerprint density at radius 2 is 2.00 bits per heavy atom. The average molecular weight is 302 g/mol. The number of hydrogen-bond acceptors (Lipinski definition) is 4. The Hall–Kier alpha value is -0.810. The highest BCUT2D eigenvalue weighted by Gasteiger charge is 2.04. The number of hydrogen-bond donors (Lipinski definition) is 2. The maximum Gasteiger partial charge on any atom is 0.119 e. The van der Waals surface area contributed by atoms with Crippen LogP contribution < -0.4 is 10.1 Å². The number of ether oxygens (including phenoxy) is 2. The van der Waals surface area contributed by atoms with Crippen LogP contribution in [0.15, 0.2) is 24.3 Å². The lowest BCUT2D eigenvalue weighted by atomic mass is 10.3. The van der Waals surface area contributed by atoms with Gasteiger partial charge in [-0.3, -0.25) is 0 Å². The van der Waals surface area contributed by atoms with Crippen molar-refractivity contribution in [2.24, 2.45) is 0 Å². The van der Waals surface area contributed by atoms with E-state index >= 15 is 0 Å². The quantitative estimate of drug-likeness (QED) is 0.617. The van der Waals surface area contributed by atoms with Gasteiger partial charge in [-0.2, -0.15) is 0 Å². The van der Waals surface area contributed by atoms with Gasteiger partial charge in [-0.05, 0) is 43.7 Å². The zero-order chi connectivity index (χ0) is 14.6. The van der Waals surface area contributed by atoms with Gasteiger partial charge in [-0.1, -0.05) is 18.5 Å². The van der Waals surface area contributed by atoms with E-state index in [1.807, 2.05) is 0 Å². The summed E-state index contributed by atoms with van der Waals surface area (Å²) in [6.45, 7) is 5.29. The molecule has 0 bridgehead atoms. The third kappa shape index (κ3) is 8.38. The third-order valence-electron chi connectivity index (χ3n) is 2.63. The molecule has 0 saturated heterocycles. The van der Waals surface area contributed by atoms with E-state index in [1.54, 1.807) is 24.3 Å².